The van der Waals surface area contributed by atoms with Crippen LogP contribution < -0.4 is 5.32 Å². The van der Waals surface area contributed by atoms with Crippen molar-refractivity contribution in [2.75, 3.05) is 5.32 Å². The van der Waals surface area contributed by atoms with Gasteiger partial charge in [0.2, 0.25) is 5.95 Å². The molecule has 112 valence electrons. The Morgan fingerprint density at radius 3 is 2.64 bits per heavy atom. The maximum Gasteiger partial charge on any atom is 0.243 e. The van der Waals surface area contributed by atoms with Gasteiger partial charge < -0.3 is 5.32 Å². The molecule has 0 radical (unpaired) electrons. The average molecular weight is 311 g/mol. The van der Waals surface area contributed by atoms with Crippen molar-refractivity contribution in [3.8, 4) is 11.3 Å². The average Bonchev–Trinajstić information content (AvgIpc) is 2.95. The van der Waals surface area contributed by atoms with Gasteiger partial charge >= 0.3 is 0 Å². The first-order valence-electron chi connectivity index (χ1n) is 7.05. The minimum Gasteiger partial charge on any atom is -0.349 e. The third kappa shape index (κ3) is 3.28. The molecular formula is C16H17N5S. The Morgan fingerprint density at radius 1 is 1.05 bits per heavy atom. The van der Waals surface area contributed by atoms with E-state index in [-0.39, 0.29) is 0 Å². The van der Waals surface area contributed by atoms with E-state index in [4.69, 9.17) is 0 Å². The lowest BCUT2D eigenvalue weighted by molar-refractivity contribution is 0.885. The van der Waals surface area contributed by atoms with E-state index in [1.54, 1.807) is 11.3 Å². The second-order valence-electron chi connectivity index (χ2n) is 5.11. The van der Waals surface area contributed by atoms with E-state index in [1.807, 2.05) is 26.8 Å². The van der Waals surface area contributed by atoms with Crippen molar-refractivity contribution in [2.24, 2.45) is 0 Å². The van der Waals surface area contributed by atoms with Crippen LogP contribution in [0.25, 0.3) is 11.3 Å². The first-order valence-corrected chi connectivity index (χ1v) is 7.93. The zero-order valence-corrected chi connectivity index (χ0v) is 13.6. The molecule has 0 spiro atoms. The summed E-state index contributed by atoms with van der Waals surface area (Å²) < 4.78 is 0. The van der Waals surface area contributed by atoms with Crippen molar-refractivity contribution in [1.29, 1.82) is 0 Å². The fraction of sp³-hybridized carbons (Fsp3) is 0.250. The Bertz CT molecular complexity index is 797. The van der Waals surface area contributed by atoms with Gasteiger partial charge in [-0.05, 0) is 32.4 Å². The van der Waals surface area contributed by atoms with Crippen molar-refractivity contribution < 1.29 is 0 Å². The number of nitrogens with zero attached hydrogens (tertiary/aromatic N) is 4. The van der Waals surface area contributed by atoms with E-state index >= 15 is 0 Å². The Morgan fingerprint density at radius 2 is 1.91 bits per heavy atom. The topological polar surface area (TPSA) is 63.6 Å². The lowest BCUT2D eigenvalue weighted by atomic mass is 10.1. The molecule has 3 rings (SSSR count). The number of hydrogen-bond donors (Lipinski definition) is 1. The van der Waals surface area contributed by atoms with Crippen LogP contribution in [0.3, 0.4) is 0 Å². The minimum absolute atomic E-state index is 0.554. The summed E-state index contributed by atoms with van der Waals surface area (Å²) in [6, 6.07) is 8.33. The third-order valence-corrected chi connectivity index (χ3v) is 4.16. The zero-order valence-electron chi connectivity index (χ0n) is 12.8. The predicted molar refractivity (Wildman–Crippen MR) is 88.9 cm³/mol. The molecule has 0 aliphatic rings. The number of benzene rings is 1. The van der Waals surface area contributed by atoms with Crippen molar-refractivity contribution >= 4 is 17.3 Å². The van der Waals surface area contributed by atoms with Crippen LogP contribution in [0.5, 0.6) is 0 Å². The minimum atomic E-state index is 0.554. The lowest BCUT2D eigenvalue weighted by Crippen LogP contribution is -2.07. The quantitative estimate of drug-likeness (QED) is 0.798. The summed E-state index contributed by atoms with van der Waals surface area (Å²) >= 11 is 1.66. The Kier molecular flexibility index (Phi) is 4.11. The van der Waals surface area contributed by atoms with Crippen molar-refractivity contribution in [3.63, 3.8) is 0 Å². The van der Waals surface area contributed by atoms with E-state index < -0.39 is 0 Å². The fourth-order valence-electron chi connectivity index (χ4n) is 2.05. The number of nitrogens with one attached hydrogen (secondary N) is 1. The zero-order chi connectivity index (χ0) is 15.5. The van der Waals surface area contributed by atoms with Gasteiger partial charge in [-0.3, -0.25) is 0 Å². The highest BCUT2D eigenvalue weighted by atomic mass is 32.1. The molecule has 2 aromatic heterocycles. The molecule has 0 bridgehead atoms. The van der Waals surface area contributed by atoms with Crippen molar-refractivity contribution in [3.05, 3.63) is 51.6 Å². The molecule has 5 nitrogen and oxygen atoms in total. The molecule has 0 fully saturated rings. The molecule has 0 amide bonds. The van der Waals surface area contributed by atoms with Crippen LogP contribution in [0.2, 0.25) is 0 Å². The van der Waals surface area contributed by atoms with Crippen LogP contribution in [-0.4, -0.2) is 20.2 Å². The third-order valence-electron chi connectivity index (χ3n) is 3.38. The van der Waals surface area contributed by atoms with E-state index in [0.717, 1.165) is 33.2 Å². The molecule has 1 aromatic carbocycles. The number of hydrogen-bond acceptors (Lipinski definition) is 6. The SMILES string of the molecule is Cc1nc(-c2cccc(CNc3nnc(C)c(C)n3)c2)cs1. The maximum absolute atomic E-state index is 4.53. The van der Waals surface area contributed by atoms with Crippen LogP contribution in [0.4, 0.5) is 5.95 Å². The van der Waals surface area contributed by atoms with Gasteiger partial charge in [-0.2, -0.15) is 5.10 Å². The molecule has 3 aromatic rings. The van der Waals surface area contributed by atoms with Gasteiger partial charge in [0.1, 0.15) is 0 Å². The fourth-order valence-corrected chi connectivity index (χ4v) is 2.67. The van der Waals surface area contributed by atoms with Gasteiger partial charge in [0.05, 0.1) is 22.1 Å². The van der Waals surface area contributed by atoms with Gasteiger partial charge in [-0.15, -0.1) is 16.4 Å². The molecule has 0 unspecified atom stereocenters. The second-order valence-corrected chi connectivity index (χ2v) is 6.17. The summed E-state index contributed by atoms with van der Waals surface area (Å²) in [5.41, 5.74) is 5.05. The maximum atomic E-state index is 4.53. The van der Waals surface area contributed by atoms with E-state index in [9.17, 15) is 0 Å². The second kappa shape index (κ2) is 6.19. The van der Waals surface area contributed by atoms with Gasteiger partial charge in [0.15, 0.2) is 0 Å². The van der Waals surface area contributed by atoms with Crippen molar-refractivity contribution in [2.45, 2.75) is 27.3 Å². The Labute approximate surface area is 133 Å². The highest BCUT2D eigenvalue weighted by Gasteiger charge is 2.04. The molecule has 0 aliphatic heterocycles. The van der Waals surface area contributed by atoms with Gasteiger partial charge in [-0.25, -0.2) is 9.97 Å². The van der Waals surface area contributed by atoms with Crippen LogP contribution in [0.1, 0.15) is 22.0 Å². The van der Waals surface area contributed by atoms with Gasteiger partial charge in [0.25, 0.3) is 0 Å². The van der Waals surface area contributed by atoms with Gasteiger partial charge in [0, 0.05) is 17.5 Å². The van der Waals surface area contributed by atoms with E-state index in [2.05, 4.69) is 49.1 Å². The highest BCUT2D eigenvalue weighted by molar-refractivity contribution is 7.09. The molecule has 0 saturated heterocycles. The molecule has 0 saturated carbocycles. The van der Waals surface area contributed by atoms with Crippen LogP contribution in [0, 0.1) is 20.8 Å². The molecule has 0 aliphatic carbocycles. The summed E-state index contributed by atoms with van der Waals surface area (Å²) in [7, 11) is 0. The normalized spacial score (nSPS) is 10.7. The number of thiazole rings is 1. The lowest BCUT2D eigenvalue weighted by Gasteiger charge is -2.07. The van der Waals surface area contributed by atoms with Crippen LogP contribution in [0.15, 0.2) is 29.6 Å². The molecule has 1 N–H and O–H groups in total. The Hall–Kier alpha value is -2.34. The Balaban J connectivity index is 1.74. The predicted octanol–water partition coefficient (Wildman–Crippen LogP) is 3.53. The number of anilines is 1. The summed E-state index contributed by atoms with van der Waals surface area (Å²) in [5.74, 6) is 0.554. The highest BCUT2D eigenvalue weighted by Crippen LogP contribution is 2.22. The molecular weight excluding hydrogens is 294 g/mol. The summed E-state index contributed by atoms with van der Waals surface area (Å²) in [6.07, 6.45) is 0. The first kappa shape index (κ1) is 14.6. The first-order chi connectivity index (χ1) is 10.6. The molecule has 22 heavy (non-hydrogen) atoms. The van der Waals surface area contributed by atoms with Gasteiger partial charge in [-0.1, -0.05) is 18.2 Å². The monoisotopic (exact) mass is 311 g/mol. The molecule has 2 heterocycles. The number of rotatable bonds is 4. The van der Waals surface area contributed by atoms with E-state index in [0.29, 0.717) is 12.5 Å². The van der Waals surface area contributed by atoms with Crippen molar-refractivity contribution in [1.82, 2.24) is 20.2 Å². The standard InChI is InChI=1S/C16H17N5S/c1-10-11(2)20-21-16(18-10)17-8-13-5-4-6-14(7-13)15-9-22-12(3)19-15/h4-7,9H,8H2,1-3H3,(H,17,18,21). The smallest absolute Gasteiger partial charge is 0.243 e. The largest absolute Gasteiger partial charge is 0.349 e. The molecule has 0 atom stereocenters. The summed E-state index contributed by atoms with van der Waals surface area (Å²) in [4.78, 5) is 8.90. The summed E-state index contributed by atoms with van der Waals surface area (Å²) in [5, 5.41) is 14.5. The van der Waals surface area contributed by atoms with Crippen LogP contribution >= 0.6 is 11.3 Å². The number of aromatic nitrogens is 4. The van der Waals surface area contributed by atoms with Crippen LogP contribution in [-0.2, 0) is 6.54 Å². The molecule has 6 heteroatoms. The number of aryl methyl sites for hydroxylation is 3. The summed E-state index contributed by atoms with van der Waals surface area (Å²) in [6.45, 7) is 6.50. The van der Waals surface area contributed by atoms with E-state index in [1.165, 1.54) is 0 Å².